The molecule has 20 heavy (non-hydrogen) atoms. The first-order valence-corrected chi connectivity index (χ1v) is 8.24. The Bertz CT molecular complexity index is 365. The van der Waals surface area contributed by atoms with Gasteiger partial charge in [-0.3, -0.25) is 9.59 Å². The number of carbonyl (C=O) groups excluding carboxylic acids is 2. The number of rotatable bonds is 7. The summed E-state index contributed by atoms with van der Waals surface area (Å²) in [5, 5.41) is 2.92. The Morgan fingerprint density at radius 2 is 1.95 bits per heavy atom. The first kappa shape index (κ1) is 15.3. The topological polar surface area (TPSA) is 49.4 Å². The molecule has 0 aromatic heterocycles. The lowest BCUT2D eigenvalue weighted by Crippen LogP contribution is -2.65. The van der Waals surface area contributed by atoms with Gasteiger partial charge in [-0.05, 0) is 31.6 Å². The van der Waals surface area contributed by atoms with Crippen molar-refractivity contribution in [2.24, 2.45) is 5.92 Å². The summed E-state index contributed by atoms with van der Waals surface area (Å²) in [5.74, 6) is 0.963. The smallest absolute Gasteiger partial charge is 0.246 e. The van der Waals surface area contributed by atoms with Crippen LogP contribution in [0.1, 0.15) is 65.7 Å². The van der Waals surface area contributed by atoms with Crippen LogP contribution in [0.3, 0.4) is 0 Å². The van der Waals surface area contributed by atoms with Gasteiger partial charge in [0, 0.05) is 6.04 Å². The minimum absolute atomic E-state index is 0.0415. The van der Waals surface area contributed by atoms with Crippen molar-refractivity contribution in [1.29, 1.82) is 0 Å². The molecule has 1 heterocycles. The van der Waals surface area contributed by atoms with Crippen LogP contribution in [0.25, 0.3) is 0 Å². The zero-order valence-electron chi connectivity index (χ0n) is 13.0. The standard InChI is InChI=1S/C16H28N2O2/c1-4-7-13-16(20)18(14(6-3)15(19)17-13)12(5-2)10-11-8-9-11/h11-14H,4-10H2,1-3H3,(H,17,19). The molecule has 1 aliphatic carbocycles. The number of piperazine rings is 1. The molecule has 0 spiro atoms. The van der Waals surface area contributed by atoms with Gasteiger partial charge in [0.05, 0.1) is 0 Å². The maximum atomic E-state index is 12.7. The Balaban J connectivity index is 2.17. The maximum absolute atomic E-state index is 12.7. The van der Waals surface area contributed by atoms with E-state index in [0.29, 0.717) is 6.42 Å². The molecule has 2 fully saturated rings. The van der Waals surface area contributed by atoms with Crippen molar-refractivity contribution < 1.29 is 9.59 Å². The summed E-state index contributed by atoms with van der Waals surface area (Å²) >= 11 is 0. The summed E-state index contributed by atoms with van der Waals surface area (Å²) in [4.78, 5) is 27.0. The van der Waals surface area contributed by atoms with E-state index in [0.717, 1.165) is 31.6 Å². The van der Waals surface area contributed by atoms with Crippen LogP contribution in [-0.2, 0) is 9.59 Å². The van der Waals surface area contributed by atoms with E-state index >= 15 is 0 Å². The van der Waals surface area contributed by atoms with Crippen molar-refractivity contribution in [3.63, 3.8) is 0 Å². The predicted octanol–water partition coefficient (Wildman–Crippen LogP) is 2.47. The number of amides is 2. The van der Waals surface area contributed by atoms with E-state index in [1.54, 1.807) is 0 Å². The lowest BCUT2D eigenvalue weighted by atomic mass is 9.96. The number of nitrogens with zero attached hydrogens (tertiary/aromatic N) is 1. The van der Waals surface area contributed by atoms with Crippen molar-refractivity contribution in [2.45, 2.75) is 83.8 Å². The predicted molar refractivity (Wildman–Crippen MR) is 79.2 cm³/mol. The summed E-state index contributed by atoms with van der Waals surface area (Å²) in [6, 6.07) is -0.326. The van der Waals surface area contributed by atoms with Gasteiger partial charge in [0.1, 0.15) is 12.1 Å². The minimum Gasteiger partial charge on any atom is -0.343 e. The number of hydrogen-bond donors (Lipinski definition) is 1. The molecule has 4 heteroatoms. The molecule has 2 rings (SSSR count). The molecule has 0 aromatic carbocycles. The fraction of sp³-hybridized carbons (Fsp3) is 0.875. The highest BCUT2D eigenvalue weighted by Crippen LogP contribution is 2.36. The molecule has 4 nitrogen and oxygen atoms in total. The van der Waals surface area contributed by atoms with Crippen LogP contribution in [0.15, 0.2) is 0 Å². The molecule has 1 saturated heterocycles. The molecule has 1 N–H and O–H groups in total. The normalized spacial score (nSPS) is 28.4. The zero-order chi connectivity index (χ0) is 14.7. The van der Waals surface area contributed by atoms with Gasteiger partial charge in [-0.1, -0.05) is 40.0 Å². The lowest BCUT2D eigenvalue weighted by Gasteiger charge is -2.43. The highest BCUT2D eigenvalue weighted by atomic mass is 16.2. The summed E-state index contributed by atoms with van der Waals surface area (Å²) in [7, 11) is 0. The Labute approximate surface area is 122 Å². The SMILES string of the molecule is CCCC1NC(=O)C(CC)N(C(CC)CC2CC2)C1=O. The van der Waals surface area contributed by atoms with Crippen LogP contribution in [0.4, 0.5) is 0 Å². The Morgan fingerprint density at radius 3 is 2.45 bits per heavy atom. The second kappa shape index (κ2) is 6.59. The average Bonchev–Trinajstić information content (AvgIpc) is 3.24. The second-order valence-electron chi connectivity index (χ2n) is 6.26. The van der Waals surface area contributed by atoms with E-state index in [4.69, 9.17) is 0 Å². The van der Waals surface area contributed by atoms with Crippen molar-refractivity contribution in [2.75, 3.05) is 0 Å². The molecule has 1 aliphatic heterocycles. The van der Waals surface area contributed by atoms with E-state index in [1.807, 2.05) is 11.8 Å². The summed E-state index contributed by atoms with van der Waals surface area (Å²) in [6.45, 7) is 6.18. The van der Waals surface area contributed by atoms with Crippen molar-refractivity contribution >= 4 is 11.8 Å². The lowest BCUT2D eigenvalue weighted by molar-refractivity contribution is -0.153. The number of nitrogens with one attached hydrogen (secondary N) is 1. The molecular weight excluding hydrogens is 252 g/mol. The van der Waals surface area contributed by atoms with Gasteiger partial charge in [0.15, 0.2) is 0 Å². The molecule has 3 atom stereocenters. The number of carbonyl (C=O) groups is 2. The van der Waals surface area contributed by atoms with Gasteiger partial charge in [-0.15, -0.1) is 0 Å². The van der Waals surface area contributed by atoms with Gasteiger partial charge in [-0.2, -0.15) is 0 Å². The quantitative estimate of drug-likeness (QED) is 0.779. The maximum Gasteiger partial charge on any atom is 0.246 e. The third kappa shape index (κ3) is 3.15. The fourth-order valence-corrected chi connectivity index (χ4v) is 3.31. The highest BCUT2D eigenvalue weighted by Gasteiger charge is 2.43. The largest absolute Gasteiger partial charge is 0.343 e. The molecule has 114 valence electrons. The third-order valence-electron chi connectivity index (χ3n) is 4.64. The van der Waals surface area contributed by atoms with Crippen molar-refractivity contribution in [1.82, 2.24) is 10.2 Å². The Morgan fingerprint density at radius 1 is 1.25 bits per heavy atom. The molecular formula is C16H28N2O2. The first-order chi connectivity index (χ1) is 9.62. The number of hydrogen-bond acceptors (Lipinski definition) is 2. The molecule has 2 amide bonds. The summed E-state index contributed by atoms with van der Waals surface area (Å²) < 4.78 is 0. The fourth-order valence-electron chi connectivity index (χ4n) is 3.31. The Hall–Kier alpha value is -1.06. The van der Waals surface area contributed by atoms with Crippen LogP contribution in [0.5, 0.6) is 0 Å². The van der Waals surface area contributed by atoms with E-state index in [9.17, 15) is 9.59 Å². The molecule has 0 aromatic rings. The van der Waals surface area contributed by atoms with Crippen LogP contribution < -0.4 is 5.32 Å². The first-order valence-electron chi connectivity index (χ1n) is 8.24. The monoisotopic (exact) mass is 280 g/mol. The molecule has 3 unspecified atom stereocenters. The van der Waals surface area contributed by atoms with Crippen LogP contribution >= 0.6 is 0 Å². The van der Waals surface area contributed by atoms with Crippen molar-refractivity contribution in [3.05, 3.63) is 0 Å². The van der Waals surface area contributed by atoms with Crippen LogP contribution in [-0.4, -0.2) is 34.8 Å². The second-order valence-corrected chi connectivity index (χ2v) is 6.26. The molecule has 1 saturated carbocycles. The van der Waals surface area contributed by atoms with Gasteiger partial charge in [0.2, 0.25) is 11.8 Å². The minimum atomic E-state index is -0.302. The third-order valence-corrected chi connectivity index (χ3v) is 4.64. The van der Waals surface area contributed by atoms with E-state index in [-0.39, 0.29) is 29.9 Å². The van der Waals surface area contributed by atoms with E-state index in [1.165, 1.54) is 12.8 Å². The van der Waals surface area contributed by atoms with Gasteiger partial charge >= 0.3 is 0 Å². The van der Waals surface area contributed by atoms with Gasteiger partial charge < -0.3 is 10.2 Å². The zero-order valence-corrected chi connectivity index (χ0v) is 13.0. The van der Waals surface area contributed by atoms with Gasteiger partial charge in [0.25, 0.3) is 0 Å². The molecule has 0 bridgehead atoms. The Kier molecular flexibility index (Phi) is 5.06. The highest BCUT2D eigenvalue weighted by molar-refractivity contribution is 5.97. The van der Waals surface area contributed by atoms with Crippen LogP contribution in [0, 0.1) is 5.92 Å². The van der Waals surface area contributed by atoms with Crippen LogP contribution in [0.2, 0.25) is 0 Å². The van der Waals surface area contributed by atoms with E-state index in [2.05, 4.69) is 19.2 Å². The molecule has 2 aliphatic rings. The summed E-state index contributed by atoms with van der Waals surface area (Å²) in [6.07, 6.45) is 6.98. The molecule has 0 radical (unpaired) electrons. The summed E-state index contributed by atoms with van der Waals surface area (Å²) in [5.41, 5.74) is 0. The van der Waals surface area contributed by atoms with E-state index < -0.39 is 0 Å². The van der Waals surface area contributed by atoms with Gasteiger partial charge in [-0.25, -0.2) is 0 Å². The van der Waals surface area contributed by atoms with Crippen molar-refractivity contribution in [3.8, 4) is 0 Å². The average molecular weight is 280 g/mol.